The van der Waals surface area contributed by atoms with E-state index in [1.54, 1.807) is 0 Å². The molecule has 0 aliphatic heterocycles. The molecular weight excluding hydrogens is 144 g/mol. The van der Waals surface area contributed by atoms with Crippen LogP contribution in [0.5, 0.6) is 0 Å². The standard InChI is InChI=1S/C6H12N4O/c1-2-4(3-7)5-9-6(8)10-11-5/h4H,2-3,7H2,1H3,(H2,8,10). The zero-order chi connectivity index (χ0) is 8.27. The van der Waals surface area contributed by atoms with Gasteiger partial charge < -0.3 is 16.0 Å². The molecule has 0 spiro atoms. The van der Waals surface area contributed by atoms with Crippen molar-refractivity contribution in [2.75, 3.05) is 12.3 Å². The fourth-order valence-electron chi connectivity index (χ4n) is 0.855. The summed E-state index contributed by atoms with van der Waals surface area (Å²) in [6, 6.07) is 0. The fourth-order valence-corrected chi connectivity index (χ4v) is 0.855. The van der Waals surface area contributed by atoms with Gasteiger partial charge in [-0.3, -0.25) is 0 Å². The molecular formula is C6H12N4O. The average Bonchev–Trinajstić information content (AvgIpc) is 2.39. The van der Waals surface area contributed by atoms with Gasteiger partial charge >= 0.3 is 0 Å². The minimum atomic E-state index is 0.139. The summed E-state index contributed by atoms with van der Waals surface area (Å²) < 4.78 is 4.84. The van der Waals surface area contributed by atoms with E-state index in [1.807, 2.05) is 6.92 Å². The van der Waals surface area contributed by atoms with Gasteiger partial charge in [0.1, 0.15) is 0 Å². The molecule has 5 heteroatoms. The van der Waals surface area contributed by atoms with E-state index in [-0.39, 0.29) is 11.9 Å². The second-order valence-electron chi connectivity index (χ2n) is 2.33. The normalized spacial score (nSPS) is 13.3. The molecule has 1 aromatic rings. The molecule has 1 aromatic heterocycles. The lowest BCUT2D eigenvalue weighted by atomic mass is 10.1. The molecule has 5 nitrogen and oxygen atoms in total. The molecule has 62 valence electrons. The summed E-state index contributed by atoms with van der Waals surface area (Å²) in [7, 11) is 0. The largest absolute Gasteiger partial charge is 0.365 e. The molecule has 0 saturated carbocycles. The van der Waals surface area contributed by atoms with Crippen LogP contribution < -0.4 is 11.5 Å². The van der Waals surface area contributed by atoms with E-state index < -0.39 is 0 Å². The predicted molar refractivity (Wildman–Crippen MR) is 40.8 cm³/mol. The minimum Gasteiger partial charge on any atom is -0.365 e. The molecule has 0 fully saturated rings. The van der Waals surface area contributed by atoms with Gasteiger partial charge in [-0.05, 0) is 11.6 Å². The number of nitrogens with two attached hydrogens (primary N) is 2. The summed E-state index contributed by atoms with van der Waals surface area (Å²) in [6.07, 6.45) is 0.887. The summed E-state index contributed by atoms with van der Waals surface area (Å²) in [5.41, 5.74) is 10.7. The molecule has 1 rings (SSSR count). The first-order valence-corrected chi connectivity index (χ1v) is 3.57. The van der Waals surface area contributed by atoms with E-state index in [9.17, 15) is 0 Å². The Bertz CT molecular complexity index is 218. The molecule has 1 unspecified atom stereocenters. The zero-order valence-electron chi connectivity index (χ0n) is 6.45. The van der Waals surface area contributed by atoms with Gasteiger partial charge in [0, 0.05) is 6.54 Å². The molecule has 0 aromatic carbocycles. The Balaban J connectivity index is 2.73. The van der Waals surface area contributed by atoms with Gasteiger partial charge in [-0.1, -0.05) is 6.92 Å². The van der Waals surface area contributed by atoms with Gasteiger partial charge in [0.05, 0.1) is 5.92 Å². The van der Waals surface area contributed by atoms with E-state index in [0.717, 1.165) is 6.42 Å². The maximum atomic E-state index is 5.46. The number of nitrogens with zero attached hydrogens (tertiary/aromatic N) is 2. The maximum Gasteiger partial charge on any atom is 0.260 e. The molecule has 0 amide bonds. The van der Waals surface area contributed by atoms with Crippen molar-refractivity contribution < 1.29 is 4.52 Å². The smallest absolute Gasteiger partial charge is 0.260 e. The van der Waals surface area contributed by atoms with Crippen molar-refractivity contribution >= 4 is 5.95 Å². The lowest BCUT2D eigenvalue weighted by Crippen LogP contribution is -2.11. The molecule has 0 radical (unpaired) electrons. The molecule has 0 bridgehead atoms. The van der Waals surface area contributed by atoms with Crippen LogP contribution in [0.15, 0.2) is 4.52 Å². The highest BCUT2D eigenvalue weighted by Gasteiger charge is 2.13. The van der Waals surface area contributed by atoms with Gasteiger partial charge in [0.15, 0.2) is 0 Å². The number of rotatable bonds is 3. The van der Waals surface area contributed by atoms with Crippen LogP contribution in [-0.4, -0.2) is 16.7 Å². The summed E-state index contributed by atoms with van der Waals surface area (Å²) in [5, 5.41) is 3.47. The summed E-state index contributed by atoms with van der Waals surface area (Å²) in [6.45, 7) is 2.52. The van der Waals surface area contributed by atoms with Crippen LogP contribution in [0.2, 0.25) is 0 Å². The van der Waals surface area contributed by atoms with Crippen molar-refractivity contribution in [2.24, 2.45) is 5.73 Å². The van der Waals surface area contributed by atoms with Crippen molar-refractivity contribution in [1.29, 1.82) is 0 Å². The van der Waals surface area contributed by atoms with Crippen LogP contribution in [0.25, 0.3) is 0 Å². The second kappa shape index (κ2) is 3.34. The van der Waals surface area contributed by atoms with Crippen LogP contribution in [0.4, 0.5) is 5.95 Å². The number of hydrogen-bond donors (Lipinski definition) is 2. The zero-order valence-corrected chi connectivity index (χ0v) is 6.45. The van der Waals surface area contributed by atoms with Crippen molar-refractivity contribution in [3.05, 3.63) is 5.89 Å². The van der Waals surface area contributed by atoms with Gasteiger partial charge in [-0.15, -0.1) is 0 Å². The van der Waals surface area contributed by atoms with Gasteiger partial charge in [0.2, 0.25) is 5.89 Å². The van der Waals surface area contributed by atoms with Gasteiger partial charge in [-0.2, -0.15) is 4.98 Å². The Morgan fingerprint density at radius 2 is 2.36 bits per heavy atom. The Labute approximate surface area is 64.8 Å². The Kier molecular flexibility index (Phi) is 2.43. The maximum absolute atomic E-state index is 5.46. The molecule has 0 aliphatic carbocycles. The van der Waals surface area contributed by atoms with E-state index >= 15 is 0 Å². The lowest BCUT2D eigenvalue weighted by Gasteiger charge is -2.03. The Morgan fingerprint density at radius 3 is 2.73 bits per heavy atom. The van der Waals surface area contributed by atoms with Crippen LogP contribution in [0.1, 0.15) is 25.2 Å². The highest BCUT2D eigenvalue weighted by Crippen LogP contribution is 2.15. The number of hydrogen-bond acceptors (Lipinski definition) is 5. The monoisotopic (exact) mass is 156 g/mol. The minimum absolute atomic E-state index is 0.139. The van der Waals surface area contributed by atoms with Crippen LogP contribution >= 0.6 is 0 Å². The van der Waals surface area contributed by atoms with E-state index in [2.05, 4.69) is 10.1 Å². The highest BCUT2D eigenvalue weighted by molar-refractivity contribution is 5.12. The Morgan fingerprint density at radius 1 is 1.64 bits per heavy atom. The number of aromatic nitrogens is 2. The van der Waals surface area contributed by atoms with Crippen molar-refractivity contribution in [3.8, 4) is 0 Å². The lowest BCUT2D eigenvalue weighted by molar-refractivity contribution is 0.352. The third kappa shape index (κ3) is 1.68. The van der Waals surface area contributed by atoms with E-state index in [1.165, 1.54) is 0 Å². The molecule has 4 N–H and O–H groups in total. The van der Waals surface area contributed by atoms with E-state index in [4.69, 9.17) is 16.0 Å². The quantitative estimate of drug-likeness (QED) is 0.647. The second-order valence-corrected chi connectivity index (χ2v) is 2.33. The SMILES string of the molecule is CCC(CN)c1nc(N)no1. The first kappa shape index (κ1) is 8.00. The molecule has 0 saturated heterocycles. The predicted octanol–water partition coefficient (Wildman–Crippen LogP) is 0.104. The van der Waals surface area contributed by atoms with Crippen LogP contribution in [0, 0.1) is 0 Å². The fraction of sp³-hybridized carbons (Fsp3) is 0.667. The van der Waals surface area contributed by atoms with Gasteiger partial charge in [-0.25, -0.2) is 0 Å². The number of anilines is 1. The number of nitrogen functional groups attached to an aromatic ring is 1. The first-order chi connectivity index (χ1) is 5.27. The summed E-state index contributed by atoms with van der Waals surface area (Å²) in [4.78, 5) is 3.87. The highest BCUT2D eigenvalue weighted by atomic mass is 16.5. The summed E-state index contributed by atoms with van der Waals surface area (Å²) in [5.74, 6) is 0.846. The van der Waals surface area contributed by atoms with Crippen molar-refractivity contribution in [2.45, 2.75) is 19.3 Å². The van der Waals surface area contributed by atoms with Crippen molar-refractivity contribution in [3.63, 3.8) is 0 Å². The van der Waals surface area contributed by atoms with E-state index in [0.29, 0.717) is 12.4 Å². The molecule has 11 heavy (non-hydrogen) atoms. The summed E-state index contributed by atoms with van der Waals surface area (Å²) >= 11 is 0. The van der Waals surface area contributed by atoms with Crippen molar-refractivity contribution in [1.82, 2.24) is 10.1 Å². The third-order valence-electron chi connectivity index (χ3n) is 1.58. The van der Waals surface area contributed by atoms with Gasteiger partial charge in [0.25, 0.3) is 5.95 Å². The van der Waals surface area contributed by atoms with Crippen LogP contribution in [-0.2, 0) is 0 Å². The molecule has 1 atom stereocenters. The Hall–Kier alpha value is -1.10. The first-order valence-electron chi connectivity index (χ1n) is 3.57. The third-order valence-corrected chi connectivity index (χ3v) is 1.58. The molecule has 1 heterocycles. The average molecular weight is 156 g/mol. The molecule has 0 aliphatic rings. The van der Waals surface area contributed by atoms with Crippen LogP contribution in [0.3, 0.4) is 0 Å². The topological polar surface area (TPSA) is 91.0 Å².